The van der Waals surface area contributed by atoms with Gasteiger partial charge in [0.15, 0.2) is 0 Å². The zero-order chi connectivity index (χ0) is 45.5. The van der Waals surface area contributed by atoms with Crippen LogP contribution >= 0.6 is 0 Å². The van der Waals surface area contributed by atoms with Crippen molar-refractivity contribution < 1.29 is 0 Å². The summed E-state index contributed by atoms with van der Waals surface area (Å²) in [6.45, 7) is 0. The maximum Gasteiger partial charge on any atom is 0.131 e. The molecular weight excluding hydrogens is 837 g/mol. The first-order chi connectivity index (χ1) is 34.2. The molecule has 4 nitrogen and oxygen atoms in total. The predicted octanol–water partition coefficient (Wildman–Crippen LogP) is 12.1. The van der Waals surface area contributed by atoms with E-state index in [2.05, 4.69) is 259 Å². The smallest absolute Gasteiger partial charge is 0.131 e. The first-order valence-corrected chi connectivity index (χ1v) is 24.0. The minimum Gasteiger partial charge on any atom is -0.374 e. The van der Waals surface area contributed by atoms with Crippen LogP contribution in [0.2, 0.25) is 0 Å². The van der Waals surface area contributed by atoms with Crippen molar-refractivity contribution in [2.75, 3.05) is 0 Å². The Morgan fingerprint density at radius 3 is 1.65 bits per heavy atom. The van der Waals surface area contributed by atoms with E-state index >= 15 is 0 Å². The fourth-order valence-electron chi connectivity index (χ4n) is 11.9. The lowest BCUT2D eigenvalue weighted by Gasteiger charge is -2.32. The van der Waals surface area contributed by atoms with E-state index in [1.807, 2.05) is 0 Å². The number of nitrogens with one attached hydrogen (secondary N) is 3. The minimum atomic E-state index is -0.439. The van der Waals surface area contributed by atoms with Gasteiger partial charge >= 0.3 is 0 Å². The van der Waals surface area contributed by atoms with Gasteiger partial charge in [0.25, 0.3) is 0 Å². The summed E-state index contributed by atoms with van der Waals surface area (Å²) in [6.07, 6.45) is 8.25. The molecule has 9 aromatic rings. The summed E-state index contributed by atoms with van der Waals surface area (Å²) in [5.74, 6) is 0.862. The number of hydrogen-bond acceptors (Lipinski definition) is 4. The van der Waals surface area contributed by atoms with Crippen molar-refractivity contribution in [1.29, 1.82) is 0 Å². The predicted molar refractivity (Wildman–Crippen MR) is 282 cm³/mol. The lowest BCUT2D eigenvalue weighted by Crippen LogP contribution is -2.45. The Bertz CT molecular complexity index is 3710. The van der Waals surface area contributed by atoms with E-state index in [9.17, 15) is 0 Å². The maximum atomic E-state index is 5.46. The van der Waals surface area contributed by atoms with Gasteiger partial charge in [0.1, 0.15) is 18.2 Å². The lowest BCUT2D eigenvalue weighted by molar-refractivity contribution is 0.409. The first-order valence-electron chi connectivity index (χ1n) is 24.0. The number of hydrogen-bond donors (Lipinski definition) is 3. The Hall–Kier alpha value is -8.57. The monoisotopic (exact) mass is 882 g/mol. The van der Waals surface area contributed by atoms with Crippen molar-refractivity contribution >= 4 is 17.1 Å². The highest BCUT2D eigenvalue weighted by molar-refractivity contribution is 6.00. The molecule has 1 spiro atoms. The molecule has 3 N–H and O–H groups in total. The van der Waals surface area contributed by atoms with Gasteiger partial charge in [-0.1, -0.05) is 218 Å². The van der Waals surface area contributed by atoms with Crippen LogP contribution < -0.4 is 26.4 Å². The van der Waals surface area contributed by atoms with E-state index in [4.69, 9.17) is 4.99 Å². The summed E-state index contributed by atoms with van der Waals surface area (Å²) >= 11 is 0. The van der Waals surface area contributed by atoms with Gasteiger partial charge in [0.2, 0.25) is 0 Å². The molecule has 69 heavy (non-hydrogen) atoms. The molecule has 0 bridgehead atoms. The van der Waals surface area contributed by atoms with Crippen molar-refractivity contribution in [3.8, 4) is 44.5 Å². The number of allylic oxidation sites excluding steroid dienone is 2. The first kappa shape index (κ1) is 39.6. The molecule has 9 aromatic carbocycles. The Labute approximate surface area is 402 Å². The highest BCUT2D eigenvalue weighted by Gasteiger charge is 2.51. The second-order valence-electron chi connectivity index (χ2n) is 18.7. The molecule has 4 heteroatoms. The van der Waals surface area contributed by atoms with Crippen molar-refractivity contribution in [2.45, 2.75) is 23.8 Å². The Morgan fingerprint density at radius 1 is 0.391 bits per heavy atom. The SMILES string of the molecule is C1=CC2=c3ccccc3=C(c3ccc(-c4cc(-c5ccc6c(c5)C5(c7ccccc7-c7ccccc75)c5ccccc5-6)cc(C5N=C(c6ccccc6)NC(c6ccccc6)N5)c4)cc3)NC2C=C1. The second-order valence-corrected chi connectivity index (χ2v) is 18.7. The van der Waals surface area contributed by atoms with E-state index in [1.54, 1.807) is 0 Å². The van der Waals surface area contributed by atoms with E-state index in [-0.39, 0.29) is 18.4 Å². The summed E-state index contributed by atoms with van der Waals surface area (Å²) in [7, 11) is 0. The summed E-state index contributed by atoms with van der Waals surface area (Å²) in [4.78, 5) is 5.46. The average Bonchev–Trinajstić information content (AvgIpc) is 3.90. The highest BCUT2D eigenvalue weighted by Crippen LogP contribution is 2.63. The fourth-order valence-corrected chi connectivity index (χ4v) is 11.9. The molecule has 326 valence electrons. The number of benzene rings is 9. The van der Waals surface area contributed by atoms with Crippen molar-refractivity contribution in [3.05, 3.63) is 298 Å². The van der Waals surface area contributed by atoms with Crippen LogP contribution in [0.1, 0.15) is 56.8 Å². The van der Waals surface area contributed by atoms with Crippen LogP contribution in [-0.2, 0) is 5.41 Å². The van der Waals surface area contributed by atoms with E-state index in [1.165, 1.54) is 66.1 Å². The number of rotatable bonds is 6. The van der Waals surface area contributed by atoms with Gasteiger partial charge in [-0.25, -0.2) is 4.99 Å². The van der Waals surface area contributed by atoms with Crippen molar-refractivity contribution in [1.82, 2.24) is 16.0 Å². The molecule has 0 amide bonds. The molecule has 2 aliphatic heterocycles. The minimum absolute atomic E-state index is 0.128. The molecule has 0 radical (unpaired) electrons. The van der Waals surface area contributed by atoms with Gasteiger partial charge < -0.3 is 10.6 Å². The molecule has 2 heterocycles. The summed E-state index contributed by atoms with van der Waals surface area (Å²) in [5, 5.41) is 14.0. The van der Waals surface area contributed by atoms with Crippen LogP contribution in [0.3, 0.4) is 0 Å². The van der Waals surface area contributed by atoms with Gasteiger partial charge in [0, 0.05) is 10.8 Å². The largest absolute Gasteiger partial charge is 0.374 e. The Morgan fingerprint density at radius 2 is 0.957 bits per heavy atom. The molecular formula is C65H46N4. The highest BCUT2D eigenvalue weighted by atomic mass is 15.3. The third-order valence-electron chi connectivity index (χ3n) is 15.0. The van der Waals surface area contributed by atoms with E-state index in [0.29, 0.717) is 0 Å². The molecule has 3 aliphatic carbocycles. The van der Waals surface area contributed by atoms with Crippen LogP contribution in [0.5, 0.6) is 0 Å². The maximum absolute atomic E-state index is 5.46. The third-order valence-corrected chi connectivity index (χ3v) is 15.0. The van der Waals surface area contributed by atoms with Crippen LogP contribution in [0.25, 0.3) is 55.8 Å². The number of nitrogens with zero attached hydrogens (tertiary/aromatic N) is 1. The summed E-state index contributed by atoms with van der Waals surface area (Å²) in [5.41, 5.74) is 21.6. The van der Waals surface area contributed by atoms with Crippen LogP contribution in [0.15, 0.2) is 248 Å². The molecule has 0 aromatic heterocycles. The topological polar surface area (TPSA) is 48.5 Å². The fraction of sp³-hybridized carbons (Fsp3) is 0.0615. The molecule has 0 saturated heterocycles. The van der Waals surface area contributed by atoms with Gasteiger partial charge in [0.05, 0.1) is 17.2 Å². The number of amidine groups is 1. The molecule has 0 fully saturated rings. The van der Waals surface area contributed by atoms with Gasteiger partial charge in [-0.05, 0) is 119 Å². The normalized spacial score (nSPS) is 18.5. The third kappa shape index (κ3) is 6.23. The summed E-state index contributed by atoms with van der Waals surface area (Å²) in [6, 6.07) is 80.5. The average molecular weight is 883 g/mol. The van der Waals surface area contributed by atoms with Gasteiger partial charge in [-0.15, -0.1) is 0 Å². The van der Waals surface area contributed by atoms with Crippen LogP contribution in [0, 0.1) is 0 Å². The number of aliphatic imine (C=N–C) groups is 1. The van der Waals surface area contributed by atoms with Gasteiger partial charge in [-0.2, -0.15) is 0 Å². The standard InChI is InChI=1S/C65H46N4/c1-3-17-43(18-4-1)62-67-63(44-19-5-2-6-20-44)69-64(68-62)48-38-46(41-31-33-42(34-32-41)61-55-26-8-7-21-49(55)54-25-12-16-30-60(54)66-61)37-47(39-48)45-35-36-53-52-24-11-15-29-58(52)65(59(53)40-45)56-27-13-9-22-50(56)51-23-10-14-28-57(51)65/h1-40,60,62,64,66,68H,(H,67,69). The lowest BCUT2D eigenvalue weighted by atomic mass is 9.70. The van der Waals surface area contributed by atoms with Crippen molar-refractivity contribution in [2.24, 2.45) is 4.99 Å². The molecule has 14 rings (SSSR count). The Balaban J connectivity index is 0.953. The van der Waals surface area contributed by atoms with Crippen molar-refractivity contribution in [3.63, 3.8) is 0 Å². The van der Waals surface area contributed by atoms with Crippen LogP contribution in [0.4, 0.5) is 0 Å². The second kappa shape index (κ2) is 15.8. The summed E-state index contributed by atoms with van der Waals surface area (Å²) < 4.78 is 0. The quantitative estimate of drug-likeness (QED) is 0.156. The zero-order valence-electron chi connectivity index (χ0n) is 37.8. The van der Waals surface area contributed by atoms with E-state index < -0.39 is 5.41 Å². The molecule has 3 unspecified atom stereocenters. The molecule has 5 aliphatic rings. The Kier molecular flexibility index (Phi) is 9.05. The van der Waals surface area contributed by atoms with E-state index in [0.717, 1.165) is 50.5 Å². The zero-order valence-corrected chi connectivity index (χ0v) is 37.8. The molecule has 0 saturated carbocycles. The number of fused-ring (bicyclic) bond motifs is 12. The molecule has 3 atom stereocenters. The van der Waals surface area contributed by atoms with Crippen LogP contribution in [-0.4, -0.2) is 11.9 Å². The van der Waals surface area contributed by atoms with Gasteiger partial charge in [-0.3, -0.25) is 5.32 Å².